The molecule has 0 spiro atoms. The summed E-state index contributed by atoms with van der Waals surface area (Å²) in [6, 6.07) is 0. The molecular formula is C8H11N3O2S. The summed E-state index contributed by atoms with van der Waals surface area (Å²) < 4.78 is 0. The standard InChI is InChI=1S/C8H11N3O2S/c12-6(13)4-8(2-1-3-8)10-7-11-9-5-14-7/h5H,1-4H2,(H,10,11)(H,12,13). The number of nitrogens with zero attached hydrogens (tertiary/aromatic N) is 2. The maximum Gasteiger partial charge on any atom is 0.305 e. The highest BCUT2D eigenvalue weighted by molar-refractivity contribution is 7.13. The van der Waals surface area contributed by atoms with Gasteiger partial charge in [0.2, 0.25) is 5.13 Å². The highest BCUT2D eigenvalue weighted by Gasteiger charge is 2.39. The first-order chi connectivity index (χ1) is 6.70. The van der Waals surface area contributed by atoms with E-state index in [1.165, 1.54) is 11.3 Å². The quantitative estimate of drug-likeness (QED) is 0.789. The van der Waals surface area contributed by atoms with Gasteiger partial charge in [0.1, 0.15) is 5.51 Å². The van der Waals surface area contributed by atoms with Crippen molar-refractivity contribution in [3.05, 3.63) is 5.51 Å². The van der Waals surface area contributed by atoms with Gasteiger partial charge < -0.3 is 10.4 Å². The predicted molar refractivity (Wildman–Crippen MR) is 52.4 cm³/mol. The largest absolute Gasteiger partial charge is 0.481 e. The summed E-state index contributed by atoms with van der Waals surface area (Å²) in [7, 11) is 0. The lowest BCUT2D eigenvalue weighted by Gasteiger charge is -2.41. The van der Waals surface area contributed by atoms with Crippen LogP contribution in [-0.4, -0.2) is 26.8 Å². The van der Waals surface area contributed by atoms with Crippen LogP contribution >= 0.6 is 11.3 Å². The van der Waals surface area contributed by atoms with E-state index in [2.05, 4.69) is 15.5 Å². The van der Waals surface area contributed by atoms with Crippen molar-refractivity contribution in [3.8, 4) is 0 Å². The first-order valence-corrected chi connectivity index (χ1v) is 5.34. The molecule has 1 aliphatic rings. The molecule has 1 aliphatic carbocycles. The van der Waals surface area contributed by atoms with Gasteiger partial charge in [-0.1, -0.05) is 11.3 Å². The molecule has 1 fully saturated rings. The minimum absolute atomic E-state index is 0.159. The number of aliphatic carboxylic acids is 1. The first-order valence-electron chi connectivity index (χ1n) is 4.46. The summed E-state index contributed by atoms with van der Waals surface area (Å²) in [6.07, 6.45) is 3.05. The Hall–Kier alpha value is -1.17. The second-order valence-electron chi connectivity index (χ2n) is 3.57. The topological polar surface area (TPSA) is 75.1 Å². The van der Waals surface area contributed by atoms with E-state index in [-0.39, 0.29) is 12.0 Å². The predicted octanol–water partition coefficient (Wildman–Crippen LogP) is 1.35. The molecule has 76 valence electrons. The molecular weight excluding hydrogens is 202 g/mol. The number of rotatable bonds is 4. The Morgan fingerprint density at radius 1 is 1.71 bits per heavy atom. The van der Waals surface area contributed by atoms with E-state index >= 15 is 0 Å². The molecule has 0 unspecified atom stereocenters. The van der Waals surface area contributed by atoms with Crippen molar-refractivity contribution in [3.63, 3.8) is 0 Å². The Balaban J connectivity index is 2.02. The van der Waals surface area contributed by atoms with Gasteiger partial charge in [0, 0.05) is 0 Å². The van der Waals surface area contributed by atoms with Crippen LogP contribution in [0.2, 0.25) is 0 Å². The summed E-state index contributed by atoms with van der Waals surface area (Å²) in [5.74, 6) is -0.762. The lowest BCUT2D eigenvalue weighted by molar-refractivity contribution is -0.138. The van der Waals surface area contributed by atoms with Gasteiger partial charge in [-0.2, -0.15) is 0 Å². The molecule has 0 aliphatic heterocycles. The molecule has 0 bridgehead atoms. The van der Waals surface area contributed by atoms with Crippen LogP contribution in [0.3, 0.4) is 0 Å². The van der Waals surface area contributed by atoms with Gasteiger partial charge in [-0.15, -0.1) is 10.2 Å². The van der Waals surface area contributed by atoms with E-state index < -0.39 is 5.97 Å². The second kappa shape index (κ2) is 3.53. The van der Waals surface area contributed by atoms with Gasteiger partial charge in [0.05, 0.1) is 12.0 Å². The monoisotopic (exact) mass is 213 g/mol. The van der Waals surface area contributed by atoms with Crippen molar-refractivity contribution < 1.29 is 9.90 Å². The highest BCUT2D eigenvalue weighted by atomic mass is 32.1. The molecule has 1 heterocycles. The van der Waals surface area contributed by atoms with Crippen LogP contribution in [0.1, 0.15) is 25.7 Å². The van der Waals surface area contributed by atoms with Gasteiger partial charge in [-0.25, -0.2) is 0 Å². The maximum absolute atomic E-state index is 10.7. The van der Waals surface area contributed by atoms with E-state index in [1.807, 2.05) is 0 Å². The molecule has 1 aromatic rings. The zero-order valence-corrected chi connectivity index (χ0v) is 8.38. The Bertz CT molecular complexity index is 321. The Morgan fingerprint density at radius 2 is 2.50 bits per heavy atom. The van der Waals surface area contributed by atoms with Gasteiger partial charge in [0.25, 0.3) is 0 Å². The van der Waals surface area contributed by atoms with Crippen LogP contribution in [0.25, 0.3) is 0 Å². The third kappa shape index (κ3) is 1.84. The zero-order valence-electron chi connectivity index (χ0n) is 7.56. The average Bonchev–Trinajstić information content (AvgIpc) is 2.51. The summed E-state index contributed by atoms with van der Waals surface area (Å²) in [5.41, 5.74) is 1.36. The molecule has 0 aromatic carbocycles. The average molecular weight is 213 g/mol. The molecule has 5 nitrogen and oxygen atoms in total. The number of aromatic nitrogens is 2. The smallest absolute Gasteiger partial charge is 0.305 e. The van der Waals surface area contributed by atoms with Crippen LogP contribution in [0, 0.1) is 0 Å². The fraction of sp³-hybridized carbons (Fsp3) is 0.625. The van der Waals surface area contributed by atoms with Crippen LogP contribution in [0.4, 0.5) is 5.13 Å². The number of hydrogen-bond donors (Lipinski definition) is 2. The highest BCUT2D eigenvalue weighted by Crippen LogP contribution is 2.38. The lowest BCUT2D eigenvalue weighted by atomic mass is 9.74. The Kier molecular flexibility index (Phi) is 2.37. The zero-order chi connectivity index (χ0) is 10.0. The van der Waals surface area contributed by atoms with E-state index in [1.54, 1.807) is 5.51 Å². The fourth-order valence-electron chi connectivity index (χ4n) is 1.69. The summed E-state index contributed by atoms with van der Waals surface area (Å²) >= 11 is 1.40. The molecule has 6 heteroatoms. The van der Waals surface area contributed by atoms with E-state index in [4.69, 9.17) is 5.11 Å². The number of carbonyl (C=O) groups is 1. The molecule has 0 saturated heterocycles. The minimum atomic E-state index is -0.762. The van der Waals surface area contributed by atoms with Gasteiger partial charge >= 0.3 is 5.97 Å². The molecule has 14 heavy (non-hydrogen) atoms. The Labute approximate surface area is 85.2 Å². The molecule has 0 atom stereocenters. The van der Waals surface area contributed by atoms with Crippen molar-refractivity contribution in [1.82, 2.24) is 10.2 Å². The van der Waals surface area contributed by atoms with Crippen molar-refractivity contribution in [2.75, 3.05) is 5.32 Å². The van der Waals surface area contributed by atoms with Crippen LogP contribution in [-0.2, 0) is 4.79 Å². The third-order valence-electron chi connectivity index (χ3n) is 2.53. The lowest BCUT2D eigenvalue weighted by Crippen LogP contribution is -2.46. The first kappa shape index (κ1) is 9.39. The van der Waals surface area contributed by atoms with E-state index in [0.717, 1.165) is 19.3 Å². The summed E-state index contributed by atoms with van der Waals surface area (Å²) in [4.78, 5) is 10.7. The number of hydrogen-bond acceptors (Lipinski definition) is 5. The fourth-order valence-corrected chi connectivity index (χ4v) is 2.26. The van der Waals surface area contributed by atoms with E-state index in [0.29, 0.717) is 5.13 Å². The molecule has 2 N–H and O–H groups in total. The number of anilines is 1. The number of carboxylic acids is 1. The SMILES string of the molecule is O=C(O)CC1(Nc2nncs2)CCC1. The summed E-state index contributed by atoms with van der Waals surface area (Å²) in [5, 5.41) is 20.2. The summed E-state index contributed by atoms with van der Waals surface area (Å²) in [6.45, 7) is 0. The normalized spacial score (nSPS) is 18.6. The second-order valence-corrected chi connectivity index (χ2v) is 4.41. The number of carboxylic acid groups (broad SMARTS) is 1. The van der Waals surface area contributed by atoms with E-state index in [9.17, 15) is 4.79 Å². The maximum atomic E-state index is 10.7. The third-order valence-corrected chi connectivity index (χ3v) is 3.14. The van der Waals surface area contributed by atoms with Gasteiger partial charge in [-0.05, 0) is 19.3 Å². The van der Waals surface area contributed by atoms with Crippen molar-refractivity contribution >= 4 is 22.4 Å². The molecule has 0 amide bonds. The molecule has 2 rings (SSSR count). The van der Waals surface area contributed by atoms with Crippen LogP contribution < -0.4 is 5.32 Å². The van der Waals surface area contributed by atoms with Crippen molar-refractivity contribution in [1.29, 1.82) is 0 Å². The minimum Gasteiger partial charge on any atom is -0.481 e. The van der Waals surface area contributed by atoms with Gasteiger partial charge in [-0.3, -0.25) is 4.79 Å². The van der Waals surface area contributed by atoms with Crippen LogP contribution in [0.15, 0.2) is 5.51 Å². The van der Waals surface area contributed by atoms with Gasteiger partial charge in [0.15, 0.2) is 0 Å². The Morgan fingerprint density at radius 3 is 2.93 bits per heavy atom. The van der Waals surface area contributed by atoms with Crippen molar-refractivity contribution in [2.24, 2.45) is 0 Å². The molecule has 1 saturated carbocycles. The molecule has 1 aromatic heterocycles. The van der Waals surface area contributed by atoms with Crippen molar-refractivity contribution in [2.45, 2.75) is 31.2 Å². The number of nitrogens with one attached hydrogen (secondary N) is 1. The molecule has 0 radical (unpaired) electrons. The van der Waals surface area contributed by atoms with Crippen LogP contribution in [0.5, 0.6) is 0 Å².